The second-order valence-electron chi connectivity index (χ2n) is 6.86. The van der Waals surface area contributed by atoms with Crippen molar-refractivity contribution in [3.8, 4) is 11.5 Å². The Morgan fingerprint density at radius 3 is 2.19 bits per heavy atom. The Morgan fingerprint density at radius 1 is 1.08 bits per heavy atom. The molecule has 0 aromatic heterocycles. The lowest BCUT2D eigenvalue weighted by Gasteiger charge is -2.21. The van der Waals surface area contributed by atoms with Gasteiger partial charge < -0.3 is 9.47 Å². The van der Waals surface area contributed by atoms with Crippen LogP contribution in [-0.4, -0.2) is 22.6 Å². The highest BCUT2D eigenvalue weighted by Crippen LogP contribution is 2.47. The van der Waals surface area contributed by atoms with Gasteiger partial charge in [0.15, 0.2) is 11.5 Å². The third-order valence-electron chi connectivity index (χ3n) is 5.01. The Hall–Kier alpha value is -2.05. The minimum Gasteiger partial charge on any atom is -0.493 e. The van der Waals surface area contributed by atoms with Crippen molar-refractivity contribution < 1.29 is 17.9 Å². The molecule has 1 aliphatic carbocycles. The molecule has 0 aliphatic heterocycles. The Labute approximate surface area is 155 Å². The predicted molar refractivity (Wildman–Crippen MR) is 101 cm³/mol. The summed E-state index contributed by atoms with van der Waals surface area (Å²) in [5, 5.41) is 0. The molecule has 0 saturated heterocycles. The standard InChI is InChI=1S/C20H25NO4S/c1-13-10-16(13)20(15-8-6-5-7-9-15)21-26(22,23)19-12-18(25-4)17(24-3)11-14(19)2/h5-9,11-13,16,20-21H,10H2,1-4H3. The van der Waals surface area contributed by atoms with Crippen LogP contribution in [0.4, 0.5) is 0 Å². The van der Waals surface area contributed by atoms with E-state index >= 15 is 0 Å². The minimum absolute atomic E-state index is 0.212. The molecule has 26 heavy (non-hydrogen) atoms. The molecule has 1 N–H and O–H groups in total. The molecule has 3 atom stereocenters. The molecule has 5 nitrogen and oxygen atoms in total. The minimum atomic E-state index is -3.71. The van der Waals surface area contributed by atoms with Gasteiger partial charge in [0.2, 0.25) is 10.0 Å². The van der Waals surface area contributed by atoms with Crippen LogP contribution in [0.2, 0.25) is 0 Å². The van der Waals surface area contributed by atoms with Gasteiger partial charge in [0.05, 0.1) is 25.2 Å². The van der Waals surface area contributed by atoms with Crippen molar-refractivity contribution in [3.05, 3.63) is 53.6 Å². The van der Waals surface area contributed by atoms with Gasteiger partial charge in [0.25, 0.3) is 0 Å². The number of nitrogens with one attached hydrogen (secondary N) is 1. The number of ether oxygens (including phenoxy) is 2. The summed E-state index contributed by atoms with van der Waals surface area (Å²) in [6, 6.07) is 12.7. The van der Waals surface area contributed by atoms with E-state index in [9.17, 15) is 8.42 Å². The maximum atomic E-state index is 13.1. The topological polar surface area (TPSA) is 64.6 Å². The van der Waals surface area contributed by atoms with Crippen LogP contribution in [0.15, 0.2) is 47.4 Å². The summed E-state index contributed by atoms with van der Waals surface area (Å²) < 4.78 is 39.7. The SMILES string of the molecule is COc1cc(C)c(S(=O)(=O)NC(c2ccccc2)C2CC2C)cc1OC. The van der Waals surface area contributed by atoms with Crippen molar-refractivity contribution in [2.75, 3.05) is 14.2 Å². The van der Waals surface area contributed by atoms with Crippen molar-refractivity contribution in [1.29, 1.82) is 0 Å². The fraction of sp³-hybridized carbons (Fsp3) is 0.400. The molecule has 0 bridgehead atoms. The summed E-state index contributed by atoms with van der Waals surface area (Å²) in [6.07, 6.45) is 1.02. The maximum Gasteiger partial charge on any atom is 0.241 e. The molecular weight excluding hydrogens is 350 g/mol. The van der Waals surface area contributed by atoms with E-state index in [-0.39, 0.29) is 10.9 Å². The predicted octanol–water partition coefficient (Wildman–Crippen LogP) is 3.69. The number of methoxy groups -OCH3 is 2. The molecule has 2 aromatic carbocycles. The molecular formula is C20H25NO4S. The molecule has 1 fully saturated rings. The van der Waals surface area contributed by atoms with E-state index in [4.69, 9.17) is 9.47 Å². The second kappa shape index (κ2) is 7.29. The summed E-state index contributed by atoms with van der Waals surface area (Å²) in [6.45, 7) is 3.91. The molecule has 3 unspecified atom stereocenters. The number of rotatable bonds is 7. The number of sulfonamides is 1. The van der Waals surface area contributed by atoms with E-state index in [1.165, 1.54) is 20.3 Å². The van der Waals surface area contributed by atoms with Gasteiger partial charge in [-0.25, -0.2) is 13.1 Å². The normalized spacial score (nSPS) is 20.5. The lowest BCUT2D eigenvalue weighted by Crippen LogP contribution is -2.31. The molecule has 1 saturated carbocycles. The van der Waals surface area contributed by atoms with Gasteiger partial charge in [-0.3, -0.25) is 0 Å². The summed E-state index contributed by atoms with van der Waals surface area (Å²) >= 11 is 0. The van der Waals surface area contributed by atoms with Crippen LogP contribution >= 0.6 is 0 Å². The molecule has 0 heterocycles. The average Bonchev–Trinajstić information content (AvgIpc) is 3.36. The van der Waals surface area contributed by atoms with E-state index in [1.54, 1.807) is 13.0 Å². The van der Waals surface area contributed by atoms with Crippen molar-refractivity contribution in [3.63, 3.8) is 0 Å². The van der Waals surface area contributed by atoms with E-state index in [0.717, 1.165) is 12.0 Å². The zero-order valence-electron chi connectivity index (χ0n) is 15.5. The Kier molecular flexibility index (Phi) is 5.25. The summed E-state index contributed by atoms with van der Waals surface area (Å²) in [5.74, 6) is 1.73. The monoisotopic (exact) mass is 375 g/mol. The molecule has 2 aromatic rings. The Bertz CT molecular complexity index is 880. The smallest absolute Gasteiger partial charge is 0.241 e. The van der Waals surface area contributed by atoms with Crippen molar-refractivity contribution >= 4 is 10.0 Å². The first-order valence-corrected chi connectivity index (χ1v) is 10.2. The lowest BCUT2D eigenvalue weighted by atomic mass is 10.0. The van der Waals surface area contributed by atoms with E-state index in [1.807, 2.05) is 30.3 Å². The Morgan fingerprint density at radius 2 is 1.65 bits per heavy atom. The number of benzene rings is 2. The fourth-order valence-electron chi connectivity index (χ4n) is 3.36. The highest BCUT2D eigenvalue weighted by Gasteiger charge is 2.42. The highest BCUT2D eigenvalue weighted by molar-refractivity contribution is 7.89. The van der Waals surface area contributed by atoms with Gasteiger partial charge in [0, 0.05) is 6.07 Å². The average molecular weight is 375 g/mol. The van der Waals surface area contributed by atoms with Crippen LogP contribution in [0.1, 0.15) is 30.5 Å². The quantitative estimate of drug-likeness (QED) is 0.802. The summed E-state index contributed by atoms with van der Waals surface area (Å²) in [7, 11) is -0.683. The number of hydrogen-bond acceptors (Lipinski definition) is 4. The molecule has 3 rings (SSSR count). The zero-order valence-corrected chi connectivity index (χ0v) is 16.3. The van der Waals surface area contributed by atoms with Gasteiger partial charge in [-0.1, -0.05) is 37.3 Å². The molecule has 6 heteroatoms. The third-order valence-corrected chi connectivity index (χ3v) is 6.59. The van der Waals surface area contributed by atoms with Crippen LogP contribution in [0.5, 0.6) is 11.5 Å². The zero-order chi connectivity index (χ0) is 18.9. The first-order valence-electron chi connectivity index (χ1n) is 8.67. The van der Waals surface area contributed by atoms with Crippen LogP contribution in [0.3, 0.4) is 0 Å². The van der Waals surface area contributed by atoms with Crippen molar-refractivity contribution in [2.24, 2.45) is 11.8 Å². The summed E-state index contributed by atoms with van der Waals surface area (Å²) in [4.78, 5) is 0.212. The van der Waals surface area contributed by atoms with Gasteiger partial charge in [-0.2, -0.15) is 0 Å². The maximum absolute atomic E-state index is 13.1. The van der Waals surface area contributed by atoms with Crippen LogP contribution in [0.25, 0.3) is 0 Å². The Balaban J connectivity index is 1.97. The van der Waals surface area contributed by atoms with Gasteiger partial charge in [-0.05, 0) is 42.4 Å². The number of aryl methyl sites for hydroxylation is 1. The van der Waals surface area contributed by atoms with Gasteiger partial charge in [0.1, 0.15) is 0 Å². The highest BCUT2D eigenvalue weighted by atomic mass is 32.2. The first-order chi connectivity index (χ1) is 12.4. The molecule has 140 valence electrons. The molecule has 0 amide bonds. The fourth-order valence-corrected chi connectivity index (χ4v) is 4.88. The molecule has 0 radical (unpaired) electrons. The van der Waals surface area contributed by atoms with Crippen LogP contribution < -0.4 is 14.2 Å². The third kappa shape index (κ3) is 3.71. The first kappa shape index (κ1) is 18.7. The van der Waals surface area contributed by atoms with Crippen molar-refractivity contribution in [2.45, 2.75) is 31.2 Å². The second-order valence-corrected chi connectivity index (χ2v) is 8.54. The lowest BCUT2D eigenvalue weighted by molar-refractivity contribution is 0.353. The molecule has 0 spiro atoms. The van der Waals surface area contributed by atoms with Crippen molar-refractivity contribution in [1.82, 2.24) is 4.72 Å². The summed E-state index contributed by atoms with van der Waals surface area (Å²) in [5.41, 5.74) is 1.61. The largest absolute Gasteiger partial charge is 0.493 e. The van der Waals surface area contributed by atoms with Gasteiger partial charge >= 0.3 is 0 Å². The molecule has 1 aliphatic rings. The number of hydrogen-bond donors (Lipinski definition) is 1. The van der Waals surface area contributed by atoms with E-state index in [0.29, 0.717) is 28.9 Å². The van der Waals surface area contributed by atoms with E-state index < -0.39 is 10.0 Å². The van der Waals surface area contributed by atoms with Crippen LogP contribution in [-0.2, 0) is 10.0 Å². The van der Waals surface area contributed by atoms with Gasteiger partial charge in [-0.15, -0.1) is 0 Å². The van der Waals surface area contributed by atoms with Crippen LogP contribution in [0, 0.1) is 18.8 Å². The van der Waals surface area contributed by atoms with E-state index in [2.05, 4.69) is 11.6 Å².